The fourth-order valence-corrected chi connectivity index (χ4v) is 4.23. The van der Waals surface area contributed by atoms with Gasteiger partial charge in [-0.3, -0.25) is 9.10 Å². The lowest BCUT2D eigenvalue weighted by Crippen LogP contribution is -2.51. The van der Waals surface area contributed by atoms with E-state index < -0.39 is 16.1 Å². The molecule has 2 aliphatic rings. The van der Waals surface area contributed by atoms with Crippen LogP contribution < -0.4 is 9.04 Å². The highest BCUT2D eigenvalue weighted by molar-refractivity contribution is 7.92. The molecule has 6 nitrogen and oxygen atoms in total. The number of ether oxygens (including phenoxy) is 1. The summed E-state index contributed by atoms with van der Waals surface area (Å²) in [5.41, 5.74) is 0.380. The number of benzene rings is 1. The molecule has 0 aliphatic carbocycles. The summed E-state index contributed by atoms with van der Waals surface area (Å²) in [5, 5.41) is 0.420. The molecular weight excluding hydrogens is 352 g/mol. The number of sulfonamides is 1. The van der Waals surface area contributed by atoms with Gasteiger partial charge in [-0.1, -0.05) is 24.4 Å². The highest BCUT2D eigenvalue weighted by atomic mass is 35.5. The minimum absolute atomic E-state index is 0.0263. The van der Waals surface area contributed by atoms with Crippen LogP contribution in [0, 0.1) is 0 Å². The zero-order valence-corrected chi connectivity index (χ0v) is 15.1. The molecule has 0 unspecified atom stereocenters. The van der Waals surface area contributed by atoms with Crippen molar-refractivity contribution in [2.24, 2.45) is 0 Å². The maximum Gasteiger partial charge on any atom is 0.265 e. The van der Waals surface area contributed by atoms with Crippen LogP contribution in [0.4, 0.5) is 5.69 Å². The van der Waals surface area contributed by atoms with Crippen LogP contribution in [0.1, 0.15) is 25.7 Å². The number of carbonyl (C=O) groups is 1. The van der Waals surface area contributed by atoms with Gasteiger partial charge in [0.25, 0.3) is 5.91 Å². The minimum atomic E-state index is -3.54. The number of rotatable bonds is 2. The second-order valence-corrected chi connectivity index (χ2v) is 8.60. The molecule has 1 fully saturated rings. The molecule has 1 amide bonds. The smallest absolute Gasteiger partial charge is 0.265 e. The molecule has 132 valence electrons. The lowest BCUT2D eigenvalue weighted by molar-refractivity contribution is -0.138. The van der Waals surface area contributed by atoms with Crippen LogP contribution in [0.15, 0.2) is 18.2 Å². The molecule has 1 aromatic rings. The van der Waals surface area contributed by atoms with Gasteiger partial charge in [0.1, 0.15) is 5.75 Å². The molecule has 1 atom stereocenters. The quantitative estimate of drug-likeness (QED) is 0.798. The van der Waals surface area contributed by atoms with E-state index in [0.717, 1.165) is 31.9 Å². The first-order valence-corrected chi connectivity index (χ1v) is 10.3. The van der Waals surface area contributed by atoms with Gasteiger partial charge in [-0.05, 0) is 31.0 Å². The number of nitrogens with zero attached hydrogens (tertiary/aromatic N) is 2. The predicted octanol–water partition coefficient (Wildman–Crippen LogP) is 2.27. The van der Waals surface area contributed by atoms with Gasteiger partial charge < -0.3 is 9.64 Å². The molecule has 0 spiro atoms. The first kappa shape index (κ1) is 17.4. The zero-order chi connectivity index (χ0) is 17.3. The average molecular weight is 373 g/mol. The maximum absolute atomic E-state index is 12.8. The van der Waals surface area contributed by atoms with Crippen LogP contribution in [0.3, 0.4) is 0 Å². The van der Waals surface area contributed by atoms with E-state index in [9.17, 15) is 13.2 Å². The van der Waals surface area contributed by atoms with Gasteiger partial charge in [-0.2, -0.15) is 0 Å². The highest BCUT2D eigenvalue weighted by Crippen LogP contribution is 2.37. The van der Waals surface area contributed by atoms with Crippen LogP contribution in [0.5, 0.6) is 5.75 Å². The van der Waals surface area contributed by atoms with Gasteiger partial charge in [-0.15, -0.1) is 0 Å². The molecule has 2 heterocycles. The Hall–Kier alpha value is -1.47. The van der Waals surface area contributed by atoms with Crippen molar-refractivity contribution in [3.63, 3.8) is 0 Å². The lowest BCUT2D eigenvalue weighted by Gasteiger charge is -2.36. The Morgan fingerprint density at radius 2 is 1.88 bits per heavy atom. The zero-order valence-electron chi connectivity index (χ0n) is 13.6. The first-order valence-electron chi connectivity index (χ1n) is 8.09. The fourth-order valence-electron chi connectivity index (χ4n) is 3.16. The Balaban J connectivity index is 1.89. The summed E-state index contributed by atoms with van der Waals surface area (Å²) in [7, 11) is -3.54. The topological polar surface area (TPSA) is 66.9 Å². The van der Waals surface area contributed by atoms with Crippen molar-refractivity contribution in [1.82, 2.24) is 4.90 Å². The SMILES string of the molecule is CS(=O)(=O)N1C[C@@H](C(=O)N2CCCCCC2)Oc2ccc(Cl)cc21. The summed E-state index contributed by atoms with van der Waals surface area (Å²) < 4.78 is 31.3. The van der Waals surface area contributed by atoms with Gasteiger partial charge in [0.15, 0.2) is 6.10 Å². The van der Waals surface area contributed by atoms with Gasteiger partial charge in [0, 0.05) is 18.1 Å². The Labute approximate surface area is 147 Å². The standard InChI is InChI=1S/C16H21ClN2O4S/c1-24(21,22)19-11-15(16(20)18-8-4-2-3-5-9-18)23-14-7-6-12(17)10-13(14)19/h6-7,10,15H,2-5,8-9,11H2,1H3/t15-/m0/s1. The van der Waals surface area contributed by atoms with Gasteiger partial charge in [0.05, 0.1) is 18.5 Å². The number of halogens is 1. The molecule has 0 radical (unpaired) electrons. The van der Waals surface area contributed by atoms with E-state index in [-0.39, 0.29) is 12.5 Å². The summed E-state index contributed by atoms with van der Waals surface area (Å²) in [6.07, 6.45) is 4.47. The summed E-state index contributed by atoms with van der Waals surface area (Å²) in [5.74, 6) is 0.218. The van der Waals surface area contributed by atoms with E-state index in [1.54, 1.807) is 23.1 Å². The van der Waals surface area contributed by atoms with E-state index >= 15 is 0 Å². The second kappa shape index (κ2) is 6.80. The third-order valence-electron chi connectivity index (χ3n) is 4.38. The number of carbonyl (C=O) groups excluding carboxylic acids is 1. The Morgan fingerprint density at radius 1 is 1.21 bits per heavy atom. The average Bonchev–Trinajstić information content (AvgIpc) is 2.81. The van der Waals surface area contributed by atoms with E-state index in [0.29, 0.717) is 29.5 Å². The second-order valence-electron chi connectivity index (χ2n) is 6.25. The Bertz CT molecular complexity index is 730. The predicted molar refractivity (Wildman–Crippen MR) is 93.1 cm³/mol. The number of anilines is 1. The minimum Gasteiger partial charge on any atom is -0.476 e. The number of fused-ring (bicyclic) bond motifs is 1. The van der Waals surface area contributed by atoms with Crippen LogP contribution in [0.25, 0.3) is 0 Å². The van der Waals surface area contributed by atoms with Gasteiger partial charge in [-0.25, -0.2) is 8.42 Å². The summed E-state index contributed by atoms with van der Waals surface area (Å²) >= 11 is 5.98. The van der Waals surface area contributed by atoms with Crippen molar-refractivity contribution in [1.29, 1.82) is 0 Å². The summed E-state index contributed by atoms with van der Waals surface area (Å²) in [6, 6.07) is 4.78. The molecule has 24 heavy (non-hydrogen) atoms. The van der Waals surface area contributed by atoms with E-state index in [1.807, 2.05) is 0 Å². The van der Waals surface area contributed by atoms with Crippen LogP contribution in [-0.2, 0) is 14.8 Å². The molecule has 3 rings (SSSR count). The van der Waals surface area contributed by atoms with Crippen molar-refractivity contribution < 1.29 is 17.9 Å². The first-order chi connectivity index (χ1) is 11.4. The Morgan fingerprint density at radius 3 is 2.50 bits per heavy atom. The number of hydrogen-bond acceptors (Lipinski definition) is 4. The van der Waals surface area contributed by atoms with Crippen molar-refractivity contribution in [2.45, 2.75) is 31.8 Å². The lowest BCUT2D eigenvalue weighted by atomic mass is 10.2. The van der Waals surface area contributed by atoms with Crippen molar-refractivity contribution in [3.8, 4) is 5.75 Å². The Kier molecular flexibility index (Phi) is 4.92. The number of hydrogen-bond donors (Lipinski definition) is 0. The maximum atomic E-state index is 12.8. The largest absolute Gasteiger partial charge is 0.476 e. The van der Waals surface area contributed by atoms with Crippen LogP contribution in [-0.4, -0.2) is 51.2 Å². The van der Waals surface area contributed by atoms with Crippen molar-refractivity contribution >= 4 is 33.2 Å². The molecule has 1 aromatic carbocycles. The van der Waals surface area contributed by atoms with Crippen LogP contribution in [0.2, 0.25) is 5.02 Å². The highest BCUT2D eigenvalue weighted by Gasteiger charge is 2.37. The fraction of sp³-hybridized carbons (Fsp3) is 0.562. The van der Waals surface area contributed by atoms with Crippen molar-refractivity contribution in [3.05, 3.63) is 23.2 Å². The number of amides is 1. The molecule has 0 N–H and O–H groups in total. The summed E-state index contributed by atoms with van der Waals surface area (Å²) in [6.45, 7) is 1.37. The molecule has 2 aliphatic heterocycles. The molecule has 0 bridgehead atoms. The molecule has 0 saturated carbocycles. The summed E-state index contributed by atoms with van der Waals surface area (Å²) in [4.78, 5) is 14.6. The van der Waals surface area contributed by atoms with E-state index in [1.165, 1.54) is 4.31 Å². The van der Waals surface area contributed by atoms with E-state index in [4.69, 9.17) is 16.3 Å². The third-order valence-corrected chi connectivity index (χ3v) is 5.77. The van der Waals surface area contributed by atoms with Gasteiger partial charge in [0.2, 0.25) is 10.0 Å². The van der Waals surface area contributed by atoms with Crippen LogP contribution >= 0.6 is 11.6 Å². The number of likely N-dealkylation sites (tertiary alicyclic amines) is 1. The van der Waals surface area contributed by atoms with Crippen molar-refractivity contribution in [2.75, 3.05) is 30.2 Å². The monoisotopic (exact) mass is 372 g/mol. The molecular formula is C16H21ClN2O4S. The third kappa shape index (κ3) is 3.62. The van der Waals surface area contributed by atoms with E-state index in [2.05, 4.69) is 0 Å². The molecule has 1 saturated heterocycles. The molecule has 0 aromatic heterocycles. The molecule has 8 heteroatoms. The van der Waals surface area contributed by atoms with Gasteiger partial charge >= 0.3 is 0 Å². The normalized spacial score (nSPS) is 21.7.